The van der Waals surface area contributed by atoms with Crippen molar-refractivity contribution < 1.29 is 14.3 Å². The largest absolute Gasteiger partial charge is 0.355 e. The van der Waals surface area contributed by atoms with Gasteiger partial charge < -0.3 is 9.47 Å². The van der Waals surface area contributed by atoms with Gasteiger partial charge in [-0.05, 0) is 34.1 Å². The lowest BCUT2D eigenvalue weighted by atomic mass is 9.82. The maximum atomic E-state index is 11.9. The third kappa shape index (κ3) is 2.92. The van der Waals surface area contributed by atoms with E-state index in [2.05, 4.69) is 6.92 Å². The molecule has 0 aliphatic heterocycles. The van der Waals surface area contributed by atoms with Crippen molar-refractivity contribution in [3.8, 4) is 0 Å². The van der Waals surface area contributed by atoms with E-state index in [0.717, 1.165) is 12.0 Å². The molecule has 0 N–H and O–H groups in total. The first-order valence-corrected chi connectivity index (χ1v) is 5.84. The van der Waals surface area contributed by atoms with Gasteiger partial charge in [0.05, 0.1) is 12.0 Å². The second kappa shape index (κ2) is 5.60. The molecule has 1 rings (SSSR count). The molecule has 0 saturated carbocycles. The third-order valence-electron chi connectivity index (χ3n) is 3.14. The van der Waals surface area contributed by atoms with Crippen LogP contribution in [0.25, 0.3) is 0 Å². The minimum absolute atomic E-state index is 0.0628. The molecule has 2 atom stereocenters. The fourth-order valence-corrected chi connectivity index (χ4v) is 2.06. The average Bonchev–Trinajstić information content (AvgIpc) is 2.22. The van der Waals surface area contributed by atoms with Gasteiger partial charge in [-0.2, -0.15) is 0 Å². The fourth-order valence-electron chi connectivity index (χ4n) is 2.06. The number of carbonyl (C=O) groups is 1. The second-order valence-electron chi connectivity index (χ2n) is 4.70. The molecule has 16 heavy (non-hydrogen) atoms. The molecule has 1 aliphatic rings. The lowest BCUT2D eigenvalue weighted by molar-refractivity contribution is -0.175. The van der Waals surface area contributed by atoms with E-state index in [1.165, 1.54) is 5.57 Å². The SMILES string of the molecule is CO[C@@H](OC(C)C)C1C(=O)CCC(C)=C1C. The van der Waals surface area contributed by atoms with Crippen LogP contribution in [0.4, 0.5) is 0 Å². The van der Waals surface area contributed by atoms with E-state index in [-0.39, 0.29) is 17.8 Å². The molecule has 92 valence electrons. The van der Waals surface area contributed by atoms with Crippen LogP contribution in [0.3, 0.4) is 0 Å². The molecule has 0 bridgehead atoms. The van der Waals surface area contributed by atoms with Crippen LogP contribution in [0, 0.1) is 5.92 Å². The summed E-state index contributed by atoms with van der Waals surface area (Å²) >= 11 is 0. The van der Waals surface area contributed by atoms with Crippen molar-refractivity contribution in [1.29, 1.82) is 0 Å². The van der Waals surface area contributed by atoms with Crippen LogP contribution in [0.1, 0.15) is 40.5 Å². The van der Waals surface area contributed by atoms with Gasteiger partial charge in [0.25, 0.3) is 0 Å². The molecule has 0 aromatic rings. The monoisotopic (exact) mass is 226 g/mol. The minimum atomic E-state index is -0.442. The zero-order valence-electron chi connectivity index (χ0n) is 10.9. The number of hydrogen-bond donors (Lipinski definition) is 0. The molecule has 0 fully saturated rings. The Kier molecular flexibility index (Phi) is 4.69. The van der Waals surface area contributed by atoms with E-state index < -0.39 is 6.29 Å². The Bertz CT molecular complexity index is 292. The van der Waals surface area contributed by atoms with E-state index in [1.807, 2.05) is 20.8 Å². The first-order chi connectivity index (χ1) is 7.47. The van der Waals surface area contributed by atoms with E-state index in [0.29, 0.717) is 6.42 Å². The molecular formula is C13H22O3. The van der Waals surface area contributed by atoms with Crippen molar-refractivity contribution >= 4 is 5.78 Å². The molecule has 0 spiro atoms. The Hall–Kier alpha value is -0.670. The Labute approximate surface area is 97.8 Å². The zero-order valence-corrected chi connectivity index (χ0v) is 10.9. The fraction of sp³-hybridized carbons (Fsp3) is 0.769. The Balaban J connectivity index is 2.89. The minimum Gasteiger partial charge on any atom is -0.355 e. The average molecular weight is 226 g/mol. The van der Waals surface area contributed by atoms with Crippen LogP contribution in [-0.4, -0.2) is 25.3 Å². The highest BCUT2D eigenvalue weighted by molar-refractivity contribution is 5.85. The normalized spacial score (nSPS) is 24.1. The Morgan fingerprint density at radius 3 is 2.38 bits per heavy atom. The van der Waals surface area contributed by atoms with Crippen molar-refractivity contribution in [2.45, 2.75) is 52.9 Å². The topological polar surface area (TPSA) is 35.5 Å². The zero-order chi connectivity index (χ0) is 12.3. The van der Waals surface area contributed by atoms with Crippen molar-refractivity contribution in [3.63, 3.8) is 0 Å². The van der Waals surface area contributed by atoms with E-state index in [9.17, 15) is 4.79 Å². The highest BCUT2D eigenvalue weighted by Gasteiger charge is 2.34. The summed E-state index contributed by atoms with van der Waals surface area (Å²) < 4.78 is 11.0. The maximum Gasteiger partial charge on any atom is 0.170 e. The van der Waals surface area contributed by atoms with Crippen LogP contribution >= 0.6 is 0 Å². The summed E-state index contributed by atoms with van der Waals surface area (Å²) in [6.07, 6.45) is 1.10. The number of hydrogen-bond acceptors (Lipinski definition) is 3. The van der Waals surface area contributed by atoms with Gasteiger partial charge in [0, 0.05) is 13.5 Å². The number of rotatable bonds is 4. The predicted molar refractivity (Wildman–Crippen MR) is 63.1 cm³/mol. The van der Waals surface area contributed by atoms with Crippen LogP contribution in [0.2, 0.25) is 0 Å². The smallest absolute Gasteiger partial charge is 0.170 e. The first-order valence-electron chi connectivity index (χ1n) is 5.84. The van der Waals surface area contributed by atoms with Crippen molar-refractivity contribution in [3.05, 3.63) is 11.1 Å². The van der Waals surface area contributed by atoms with Crippen molar-refractivity contribution in [2.24, 2.45) is 5.92 Å². The van der Waals surface area contributed by atoms with E-state index >= 15 is 0 Å². The van der Waals surface area contributed by atoms with Crippen LogP contribution in [-0.2, 0) is 14.3 Å². The molecule has 0 radical (unpaired) electrons. The van der Waals surface area contributed by atoms with Crippen molar-refractivity contribution in [1.82, 2.24) is 0 Å². The van der Waals surface area contributed by atoms with Crippen LogP contribution in [0.15, 0.2) is 11.1 Å². The molecule has 0 heterocycles. The number of allylic oxidation sites excluding steroid dienone is 1. The summed E-state index contributed by atoms with van der Waals surface area (Å²) in [4.78, 5) is 11.9. The van der Waals surface area contributed by atoms with Gasteiger partial charge in [-0.15, -0.1) is 0 Å². The van der Waals surface area contributed by atoms with Crippen LogP contribution in [0.5, 0.6) is 0 Å². The standard InChI is InChI=1S/C13H22O3/c1-8(2)16-13(15-5)12-10(4)9(3)6-7-11(12)14/h8,12-13H,6-7H2,1-5H3/t12?,13-/m0/s1. The lowest BCUT2D eigenvalue weighted by Crippen LogP contribution is -2.37. The quantitative estimate of drug-likeness (QED) is 0.546. The van der Waals surface area contributed by atoms with Gasteiger partial charge in [0.1, 0.15) is 5.78 Å². The molecule has 3 nitrogen and oxygen atoms in total. The number of carbonyl (C=O) groups excluding carboxylic acids is 1. The summed E-state index contributed by atoms with van der Waals surface area (Å²) in [6.45, 7) is 7.99. The number of ether oxygens (including phenoxy) is 2. The maximum absolute atomic E-state index is 11.9. The van der Waals surface area contributed by atoms with Gasteiger partial charge in [0.2, 0.25) is 0 Å². The van der Waals surface area contributed by atoms with Gasteiger partial charge >= 0.3 is 0 Å². The lowest BCUT2D eigenvalue weighted by Gasteiger charge is -2.31. The van der Waals surface area contributed by atoms with E-state index in [4.69, 9.17) is 9.47 Å². The summed E-state index contributed by atoms with van der Waals surface area (Å²) in [6, 6.07) is 0. The molecule has 3 heteroatoms. The molecule has 1 unspecified atom stereocenters. The molecule has 1 aliphatic carbocycles. The molecule has 0 amide bonds. The van der Waals surface area contributed by atoms with Crippen LogP contribution < -0.4 is 0 Å². The van der Waals surface area contributed by atoms with Gasteiger partial charge in [0.15, 0.2) is 6.29 Å². The highest BCUT2D eigenvalue weighted by Crippen LogP contribution is 2.31. The highest BCUT2D eigenvalue weighted by atomic mass is 16.7. The van der Waals surface area contributed by atoms with Gasteiger partial charge in [-0.25, -0.2) is 0 Å². The summed E-state index contributed by atoms with van der Waals surface area (Å²) in [5, 5.41) is 0. The number of methoxy groups -OCH3 is 1. The first kappa shape index (κ1) is 13.4. The van der Waals surface area contributed by atoms with Gasteiger partial charge in [-0.3, -0.25) is 4.79 Å². The summed E-state index contributed by atoms with van der Waals surface area (Å²) in [5.41, 5.74) is 2.41. The summed E-state index contributed by atoms with van der Waals surface area (Å²) in [7, 11) is 1.59. The molecule has 0 aromatic carbocycles. The second-order valence-corrected chi connectivity index (χ2v) is 4.70. The number of Topliss-reactive ketones (excluding diaryl/α,β-unsaturated/α-hetero) is 1. The molecule has 0 aromatic heterocycles. The Morgan fingerprint density at radius 2 is 1.88 bits per heavy atom. The van der Waals surface area contributed by atoms with Gasteiger partial charge in [-0.1, -0.05) is 11.1 Å². The molecular weight excluding hydrogens is 204 g/mol. The summed E-state index contributed by atoms with van der Waals surface area (Å²) in [5.74, 6) is 0.0109. The Morgan fingerprint density at radius 1 is 1.25 bits per heavy atom. The third-order valence-corrected chi connectivity index (χ3v) is 3.14. The predicted octanol–water partition coefficient (Wildman–Crippen LogP) is 2.70. The van der Waals surface area contributed by atoms with E-state index in [1.54, 1.807) is 7.11 Å². The van der Waals surface area contributed by atoms with Crippen molar-refractivity contribution in [2.75, 3.05) is 7.11 Å². The number of ketones is 1. The molecule has 0 saturated heterocycles.